The van der Waals surface area contributed by atoms with Gasteiger partial charge in [0.05, 0.1) is 20.1 Å². The number of carboxylic acid groups (broad SMARTS) is 1. The van der Waals surface area contributed by atoms with Crippen molar-refractivity contribution in [2.24, 2.45) is 5.92 Å². The molecule has 1 aromatic carbocycles. The summed E-state index contributed by atoms with van der Waals surface area (Å²) in [4.78, 5) is 11.2. The highest BCUT2D eigenvalue weighted by atomic mass is 16.5. The van der Waals surface area contributed by atoms with Crippen LogP contribution >= 0.6 is 0 Å². The highest BCUT2D eigenvalue weighted by molar-refractivity contribution is 5.76. The molecule has 0 aliphatic heterocycles. The molecule has 4 heteroatoms. The number of ether oxygens (including phenoxy) is 2. The molecule has 0 saturated heterocycles. The zero-order valence-electron chi connectivity index (χ0n) is 10.6. The van der Waals surface area contributed by atoms with Gasteiger partial charge in [-0.25, -0.2) is 0 Å². The molecule has 0 fully saturated rings. The van der Waals surface area contributed by atoms with Crippen LogP contribution < -0.4 is 9.47 Å². The van der Waals surface area contributed by atoms with E-state index in [2.05, 4.69) is 0 Å². The van der Waals surface area contributed by atoms with Crippen molar-refractivity contribution in [3.8, 4) is 11.5 Å². The van der Waals surface area contributed by atoms with E-state index in [0.29, 0.717) is 11.5 Å². The number of hydrogen-bond donors (Lipinski definition) is 1. The lowest BCUT2D eigenvalue weighted by molar-refractivity contribution is -0.139. The zero-order chi connectivity index (χ0) is 13.0. The van der Waals surface area contributed by atoms with E-state index in [1.165, 1.54) is 7.11 Å². The number of carboxylic acids is 1. The second kappa shape index (κ2) is 5.57. The van der Waals surface area contributed by atoms with Crippen LogP contribution in [0, 0.1) is 5.92 Å². The number of aliphatic carboxylic acids is 1. The molecule has 17 heavy (non-hydrogen) atoms. The predicted octanol–water partition coefficient (Wildman–Crippen LogP) is 2.53. The monoisotopic (exact) mass is 238 g/mol. The average Bonchev–Trinajstić information content (AvgIpc) is 2.27. The highest BCUT2D eigenvalue weighted by Gasteiger charge is 2.24. The number of hydrogen-bond acceptors (Lipinski definition) is 3. The van der Waals surface area contributed by atoms with Gasteiger partial charge in [-0.2, -0.15) is 0 Å². The van der Waals surface area contributed by atoms with Crippen LogP contribution in [0.3, 0.4) is 0 Å². The lowest BCUT2D eigenvalue weighted by Gasteiger charge is -2.18. The molecule has 0 amide bonds. The van der Waals surface area contributed by atoms with Gasteiger partial charge in [0, 0.05) is 0 Å². The van der Waals surface area contributed by atoms with Crippen LogP contribution in [-0.4, -0.2) is 25.3 Å². The van der Waals surface area contributed by atoms with Crippen molar-refractivity contribution < 1.29 is 19.4 Å². The number of methoxy groups -OCH3 is 2. The van der Waals surface area contributed by atoms with Crippen molar-refractivity contribution in [2.45, 2.75) is 19.8 Å². The maximum Gasteiger partial charge on any atom is 0.311 e. The summed E-state index contributed by atoms with van der Waals surface area (Å²) in [7, 11) is 3.08. The van der Waals surface area contributed by atoms with E-state index in [4.69, 9.17) is 9.47 Å². The summed E-state index contributed by atoms with van der Waals surface area (Å²) >= 11 is 0. The van der Waals surface area contributed by atoms with Crippen LogP contribution in [0.5, 0.6) is 11.5 Å². The Morgan fingerprint density at radius 3 is 2.18 bits per heavy atom. The smallest absolute Gasteiger partial charge is 0.311 e. The van der Waals surface area contributed by atoms with E-state index in [1.807, 2.05) is 13.8 Å². The lowest BCUT2D eigenvalue weighted by Crippen LogP contribution is -2.17. The van der Waals surface area contributed by atoms with Crippen LogP contribution in [0.15, 0.2) is 18.2 Å². The highest BCUT2D eigenvalue weighted by Crippen LogP contribution is 2.33. The third-order valence-electron chi connectivity index (χ3n) is 2.70. The molecule has 0 aromatic heterocycles. The van der Waals surface area contributed by atoms with Crippen LogP contribution in [0.4, 0.5) is 0 Å². The minimum atomic E-state index is -0.827. The molecule has 0 bridgehead atoms. The lowest BCUT2D eigenvalue weighted by atomic mass is 9.88. The summed E-state index contributed by atoms with van der Waals surface area (Å²) in [5, 5.41) is 9.22. The van der Waals surface area contributed by atoms with Crippen molar-refractivity contribution in [1.29, 1.82) is 0 Å². The van der Waals surface area contributed by atoms with Crippen LogP contribution in [0.2, 0.25) is 0 Å². The first-order valence-electron chi connectivity index (χ1n) is 5.46. The Bertz CT molecular complexity index is 398. The van der Waals surface area contributed by atoms with E-state index < -0.39 is 11.9 Å². The first kappa shape index (κ1) is 13.4. The molecule has 1 N–H and O–H groups in total. The molecule has 1 unspecified atom stereocenters. The molecule has 0 radical (unpaired) electrons. The second-order valence-electron chi connectivity index (χ2n) is 4.17. The van der Waals surface area contributed by atoms with E-state index in [9.17, 15) is 9.90 Å². The van der Waals surface area contributed by atoms with Gasteiger partial charge < -0.3 is 14.6 Å². The Morgan fingerprint density at radius 1 is 1.18 bits per heavy atom. The van der Waals surface area contributed by atoms with Gasteiger partial charge in [-0.15, -0.1) is 0 Å². The van der Waals surface area contributed by atoms with Gasteiger partial charge in [-0.1, -0.05) is 19.9 Å². The van der Waals surface area contributed by atoms with Gasteiger partial charge in [-0.3, -0.25) is 4.79 Å². The Hall–Kier alpha value is -1.71. The van der Waals surface area contributed by atoms with Crippen molar-refractivity contribution in [1.82, 2.24) is 0 Å². The molecule has 1 rings (SSSR count). The molecule has 94 valence electrons. The van der Waals surface area contributed by atoms with Gasteiger partial charge >= 0.3 is 5.97 Å². The summed E-state index contributed by atoms with van der Waals surface area (Å²) in [6, 6.07) is 5.21. The Morgan fingerprint density at radius 2 is 1.76 bits per heavy atom. The fraction of sp³-hybridized carbons (Fsp3) is 0.462. The Balaban J connectivity index is 3.17. The maximum absolute atomic E-state index is 11.2. The average molecular weight is 238 g/mol. The third-order valence-corrected chi connectivity index (χ3v) is 2.70. The first-order valence-corrected chi connectivity index (χ1v) is 5.46. The molecule has 4 nitrogen and oxygen atoms in total. The predicted molar refractivity (Wildman–Crippen MR) is 64.8 cm³/mol. The normalized spacial score (nSPS) is 12.3. The van der Waals surface area contributed by atoms with E-state index in [1.54, 1.807) is 25.3 Å². The van der Waals surface area contributed by atoms with Gasteiger partial charge in [0.2, 0.25) is 0 Å². The SMILES string of the molecule is COc1ccc(C(C(=O)O)C(C)C)cc1OC. The number of benzene rings is 1. The van der Waals surface area contributed by atoms with Crippen LogP contribution in [-0.2, 0) is 4.79 Å². The number of rotatable bonds is 5. The fourth-order valence-electron chi connectivity index (χ4n) is 1.86. The minimum absolute atomic E-state index is 0.0191. The topological polar surface area (TPSA) is 55.8 Å². The standard InChI is InChI=1S/C13H18O4/c1-8(2)12(13(14)15)9-5-6-10(16-3)11(7-9)17-4/h5-8,12H,1-4H3,(H,14,15). The second-order valence-corrected chi connectivity index (χ2v) is 4.17. The van der Waals surface area contributed by atoms with E-state index in [0.717, 1.165) is 5.56 Å². The molecular formula is C13H18O4. The summed E-state index contributed by atoms with van der Waals surface area (Å²) < 4.78 is 10.3. The van der Waals surface area contributed by atoms with E-state index >= 15 is 0 Å². The van der Waals surface area contributed by atoms with Crippen LogP contribution in [0.1, 0.15) is 25.3 Å². The molecule has 0 heterocycles. The molecule has 1 aromatic rings. The van der Waals surface area contributed by atoms with Crippen molar-refractivity contribution in [3.63, 3.8) is 0 Å². The van der Waals surface area contributed by atoms with Gasteiger partial charge in [0.25, 0.3) is 0 Å². The first-order chi connectivity index (χ1) is 8.01. The van der Waals surface area contributed by atoms with Crippen molar-refractivity contribution >= 4 is 5.97 Å². The zero-order valence-corrected chi connectivity index (χ0v) is 10.6. The van der Waals surface area contributed by atoms with Crippen molar-refractivity contribution in [3.05, 3.63) is 23.8 Å². The summed E-state index contributed by atoms with van der Waals surface area (Å²) in [6.45, 7) is 3.77. The van der Waals surface area contributed by atoms with Gasteiger partial charge in [0.15, 0.2) is 11.5 Å². The molecule has 1 atom stereocenters. The Labute approximate surface area is 101 Å². The third kappa shape index (κ3) is 2.90. The van der Waals surface area contributed by atoms with Gasteiger partial charge in [0.1, 0.15) is 0 Å². The molecular weight excluding hydrogens is 220 g/mol. The molecule has 0 spiro atoms. The summed E-state index contributed by atoms with van der Waals surface area (Å²) in [6.07, 6.45) is 0. The molecule has 0 aliphatic rings. The van der Waals surface area contributed by atoms with Crippen LogP contribution in [0.25, 0.3) is 0 Å². The quantitative estimate of drug-likeness (QED) is 0.856. The molecule has 0 aliphatic carbocycles. The number of carbonyl (C=O) groups is 1. The fourth-order valence-corrected chi connectivity index (χ4v) is 1.86. The maximum atomic E-state index is 11.2. The van der Waals surface area contributed by atoms with E-state index in [-0.39, 0.29) is 5.92 Å². The van der Waals surface area contributed by atoms with Crippen molar-refractivity contribution in [2.75, 3.05) is 14.2 Å². The Kier molecular flexibility index (Phi) is 4.37. The minimum Gasteiger partial charge on any atom is -0.493 e. The molecule has 0 saturated carbocycles. The summed E-state index contributed by atoms with van der Waals surface area (Å²) in [5.41, 5.74) is 0.727. The van der Waals surface area contributed by atoms with Gasteiger partial charge in [-0.05, 0) is 23.6 Å². The summed E-state index contributed by atoms with van der Waals surface area (Å²) in [5.74, 6) is -0.186. The largest absolute Gasteiger partial charge is 0.493 e.